The molecule has 1 atom stereocenters. The van der Waals surface area contributed by atoms with Gasteiger partial charge >= 0.3 is 6.18 Å². The van der Waals surface area contributed by atoms with Crippen molar-refractivity contribution in [2.45, 2.75) is 32.0 Å². The van der Waals surface area contributed by atoms with Crippen LogP contribution in [0.25, 0.3) is 0 Å². The first-order valence-corrected chi connectivity index (χ1v) is 4.72. The van der Waals surface area contributed by atoms with Crippen LogP contribution in [0.4, 0.5) is 13.2 Å². The molecule has 1 unspecified atom stereocenters. The molecule has 0 bridgehead atoms. The van der Waals surface area contributed by atoms with Crippen molar-refractivity contribution in [1.29, 1.82) is 0 Å². The summed E-state index contributed by atoms with van der Waals surface area (Å²) in [6.07, 6.45) is -3.38. The second-order valence-corrected chi connectivity index (χ2v) is 3.43. The Labute approximate surface area is 86.5 Å². The van der Waals surface area contributed by atoms with E-state index in [0.29, 0.717) is 5.76 Å². The van der Waals surface area contributed by atoms with Crippen molar-refractivity contribution in [3.8, 4) is 0 Å². The topological polar surface area (TPSA) is 25.2 Å². The standard InChI is InChI=1S/C10H14F3NO/c1-7-8(4-6-15-7)9(14-2)3-5-10(11,12)13/h4,6,9,14H,3,5H2,1-2H3. The summed E-state index contributed by atoms with van der Waals surface area (Å²) in [7, 11) is 1.65. The van der Waals surface area contributed by atoms with Crippen LogP contribution in [0.5, 0.6) is 0 Å². The fourth-order valence-electron chi connectivity index (χ4n) is 1.52. The minimum absolute atomic E-state index is 0.0281. The van der Waals surface area contributed by atoms with E-state index in [0.717, 1.165) is 5.56 Å². The number of rotatable bonds is 4. The van der Waals surface area contributed by atoms with E-state index in [4.69, 9.17) is 4.42 Å². The van der Waals surface area contributed by atoms with Crippen LogP contribution in [0.15, 0.2) is 16.7 Å². The maximum absolute atomic E-state index is 12.0. The van der Waals surface area contributed by atoms with Crippen molar-refractivity contribution < 1.29 is 17.6 Å². The van der Waals surface area contributed by atoms with Crippen LogP contribution in [0.2, 0.25) is 0 Å². The summed E-state index contributed by atoms with van der Waals surface area (Å²) >= 11 is 0. The number of aryl methyl sites for hydroxylation is 1. The van der Waals surface area contributed by atoms with E-state index in [1.165, 1.54) is 6.26 Å². The molecule has 0 saturated carbocycles. The number of halogens is 3. The fraction of sp³-hybridized carbons (Fsp3) is 0.600. The van der Waals surface area contributed by atoms with E-state index < -0.39 is 12.6 Å². The summed E-state index contributed by atoms with van der Waals surface area (Å²) in [4.78, 5) is 0. The van der Waals surface area contributed by atoms with E-state index in [2.05, 4.69) is 5.32 Å². The van der Waals surface area contributed by atoms with Gasteiger partial charge in [0.15, 0.2) is 0 Å². The molecule has 0 aromatic carbocycles. The second kappa shape index (κ2) is 4.70. The first kappa shape index (κ1) is 12.1. The van der Waals surface area contributed by atoms with Crippen molar-refractivity contribution in [3.63, 3.8) is 0 Å². The number of alkyl halides is 3. The predicted octanol–water partition coefficient (Wildman–Crippen LogP) is 3.19. The van der Waals surface area contributed by atoms with Gasteiger partial charge in [-0.3, -0.25) is 0 Å². The Morgan fingerprint density at radius 3 is 2.53 bits per heavy atom. The molecule has 0 radical (unpaired) electrons. The third kappa shape index (κ3) is 3.58. The minimum atomic E-state index is -4.10. The zero-order valence-electron chi connectivity index (χ0n) is 8.69. The lowest BCUT2D eigenvalue weighted by molar-refractivity contribution is -0.136. The zero-order chi connectivity index (χ0) is 11.5. The number of hydrogen-bond donors (Lipinski definition) is 1. The molecule has 0 amide bonds. The molecule has 1 aromatic heterocycles. The first-order chi connectivity index (χ1) is 6.94. The van der Waals surface area contributed by atoms with Gasteiger partial charge in [0.25, 0.3) is 0 Å². The summed E-state index contributed by atoms with van der Waals surface area (Å²) < 4.78 is 41.2. The van der Waals surface area contributed by atoms with Crippen LogP contribution >= 0.6 is 0 Å². The molecule has 15 heavy (non-hydrogen) atoms. The Hall–Kier alpha value is -0.970. The average molecular weight is 221 g/mol. The Balaban J connectivity index is 2.61. The largest absolute Gasteiger partial charge is 0.469 e. The quantitative estimate of drug-likeness (QED) is 0.844. The van der Waals surface area contributed by atoms with E-state index in [1.807, 2.05) is 0 Å². The molecule has 0 aliphatic carbocycles. The number of nitrogens with one attached hydrogen (secondary N) is 1. The van der Waals surface area contributed by atoms with Gasteiger partial charge < -0.3 is 9.73 Å². The van der Waals surface area contributed by atoms with E-state index in [1.54, 1.807) is 20.0 Å². The molecule has 0 saturated heterocycles. The van der Waals surface area contributed by atoms with E-state index >= 15 is 0 Å². The van der Waals surface area contributed by atoms with Gasteiger partial charge in [0.05, 0.1) is 6.26 Å². The monoisotopic (exact) mass is 221 g/mol. The lowest BCUT2D eigenvalue weighted by atomic mass is 10.0. The molecule has 2 nitrogen and oxygen atoms in total. The van der Waals surface area contributed by atoms with Gasteiger partial charge in [-0.25, -0.2) is 0 Å². The lowest BCUT2D eigenvalue weighted by Gasteiger charge is -2.16. The maximum atomic E-state index is 12.0. The Morgan fingerprint density at radius 2 is 2.13 bits per heavy atom. The Bertz CT molecular complexity index is 306. The second-order valence-electron chi connectivity index (χ2n) is 3.43. The SMILES string of the molecule is CNC(CCC(F)(F)F)c1ccoc1C. The average Bonchev–Trinajstić information content (AvgIpc) is 2.52. The molecule has 0 aliphatic heterocycles. The van der Waals surface area contributed by atoms with E-state index in [9.17, 15) is 13.2 Å². The summed E-state index contributed by atoms with van der Waals surface area (Å²) in [6, 6.07) is 1.40. The Morgan fingerprint density at radius 1 is 1.47 bits per heavy atom. The molecule has 0 spiro atoms. The zero-order valence-corrected chi connectivity index (χ0v) is 8.69. The third-order valence-corrected chi connectivity index (χ3v) is 2.34. The number of hydrogen-bond acceptors (Lipinski definition) is 2. The summed E-state index contributed by atoms with van der Waals surface area (Å²) in [5.74, 6) is 0.663. The van der Waals surface area contributed by atoms with Crippen LogP contribution in [-0.4, -0.2) is 13.2 Å². The first-order valence-electron chi connectivity index (χ1n) is 4.72. The normalized spacial score (nSPS) is 14.2. The van der Waals surface area contributed by atoms with Crippen LogP contribution in [0.1, 0.15) is 30.2 Å². The van der Waals surface area contributed by atoms with Crippen molar-refractivity contribution in [2.75, 3.05) is 7.05 Å². The van der Waals surface area contributed by atoms with Gasteiger partial charge in [-0.05, 0) is 26.5 Å². The Kier molecular flexibility index (Phi) is 3.79. The number of furan rings is 1. The van der Waals surface area contributed by atoms with Gasteiger partial charge in [0, 0.05) is 18.0 Å². The summed E-state index contributed by atoms with van der Waals surface area (Å²) in [5, 5.41) is 2.86. The van der Waals surface area contributed by atoms with Gasteiger partial charge in [0.1, 0.15) is 5.76 Å². The van der Waals surface area contributed by atoms with Crippen LogP contribution in [0, 0.1) is 6.92 Å². The third-order valence-electron chi connectivity index (χ3n) is 2.34. The van der Waals surface area contributed by atoms with Gasteiger partial charge in [-0.2, -0.15) is 13.2 Å². The van der Waals surface area contributed by atoms with Gasteiger partial charge in [-0.1, -0.05) is 0 Å². The lowest BCUT2D eigenvalue weighted by Crippen LogP contribution is -2.19. The van der Waals surface area contributed by atoms with Crippen LogP contribution < -0.4 is 5.32 Å². The molecular weight excluding hydrogens is 207 g/mol. The van der Waals surface area contributed by atoms with Crippen LogP contribution in [0.3, 0.4) is 0 Å². The highest BCUT2D eigenvalue weighted by Crippen LogP contribution is 2.28. The minimum Gasteiger partial charge on any atom is -0.469 e. The maximum Gasteiger partial charge on any atom is 0.389 e. The summed E-state index contributed by atoms with van der Waals surface area (Å²) in [5.41, 5.74) is 0.793. The van der Waals surface area contributed by atoms with E-state index in [-0.39, 0.29) is 12.5 Å². The molecule has 0 aliphatic rings. The smallest absolute Gasteiger partial charge is 0.389 e. The molecule has 1 rings (SSSR count). The van der Waals surface area contributed by atoms with Crippen molar-refractivity contribution in [3.05, 3.63) is 23.7 Å². The molecule has 86 valence electrons. The molecule has 5 heteroatoms. The highest BCUT2D eigenvalue weighted by Gasteiger charge is 2.28. The van der Waals surface area contributed by atoms with Gasteiger partial charge in [-0.15, -0.1) is 0 Å². The van der Waals surface area contributed by atoms with Crippen molar-refractivity contribution in [1.82, 2.24) is 5.32 Å². The van der Waals surface area contributed by atoms with Crippen LogP contribution in [-0.2, 0) is 0 Å². The van der Waals surface area contributed by atoms with Crippen molar-refractivity contribution >= 4 is 0 Å². The van der Waals surface area contributed by atoms with Gasteiger partial charge in [0.2, 0.25) is 0 Å². The molecule has 0 fully saturated rings. The predicted molar refractivity (Wildman–Crippen MR) is 50.5 cm³/mol. The highest BCUT2D eigenvalue weighted by atomic mass is 19.4. The fourth-order valence-corrected chi connectivity index (χ4v) is 1.52. The molecule has 1 N–H and O–H groups in total. The molecule has 1 heterocycles. The molecule has 1 aromatic rings. The molecular formula is C10H14F3NO. The highest BCUT2D eigenvalue weighted by molar-refractivity contribution is 5.19. The van der Waals surface area contributed by atoms with Crippen molar-refractivity contribution in [2.24, 2.45) is 0 Å². The summed E-state index contributed by atoms with van der Waals surface area (Å²) in [6.45, 7) is 1.74.